The highest BCUT2D eigenvalue weighted by Gasteiger charge is 2.41. The number of hydrogen-bond acceptors (Lipinski definition) is 5. The lowest BCUT2D eigenvalue weighted by Gasteiger charge is -2.21. The fraction of sp³-hybridized carbons (Fsp3) is 0.400. The summed E-state index contributed by atoms with van der Waals surface area (Å²) < 4.78 is 25.5. The Bertz CT molecular complexity index is 848. The van der Waals surface area contributed by atoms with Crippen molar-refractivity contribution in [2.75, 3.05) is 13.1 Å². The number of sulfonamides is 1. The number of likely N-dealkylation sites (tertiary alicyclic amines) is 1. The average Bonchev–Trinajstić information content (AvgIpc) is 3.09. The number of hydrogen-bond donors (Lipinski definition) is 1. The lowest BCUT2D eigenvalue weighted by Crippen LogP contribution is -2.40. The van der Waals surface area contributed by atoms with E-state index in [0.29, 0.717) is 19.4 Å². The summed E-state index contributed by atoms with van der Waals surface area (Å²) in [5.41, 5.74) is 0.0980. The van der Waals surface area contributed by atoms with Crippen LogP contribution in [0.4, 0.5) is 0 Å². The summed E-state index contributed by atoms with van der Waals surface area (Å²) in [6, 6.07) is 2.93. The van der Waals surface area contributed by atoms with Gasteiger partial charge in [0.05, 0.1) is 5.56 Å². The van der Waals surface area contributed by atoms with Gasteiger partial charge in [-0.2, -0.15) is 0 Å². The van der Waals surface area contributed by atoms with E-state index in [9.17, 15) is 27.9 Å². The summed E-state index contributed by atoms with van der Waals surface area (Å²) in [5, 5.41) is 9.18. The molecular formula is C15H16N2O6S. The van der Waals surface area contributed by atoms with E-state index in [1.54, 1.807) is 6.92 Å². The highest BCUT2D eigenvalue weighted by atomic mass is 32.2. The first-order valence-electron chi connectivity index (χ1n) is 7.54. The molecule has 2 amide bonds. The normalized spacial score (nSPS) is 21.9. The number of fused-ring (bicyclic) bond motifs is 1. The van der Waals surface area contributed by atoms with Crippen molar-refractivity contribution in [1.82, 2.24) is 9.21 Å². The monoisotopic (exact) mass is 352 g/mol. The Morgan fingerprint density at radius 1 is 1.33 bits per heavy atom. The molecule has 2 aliphatic rings. The number of benzene rings is 1. The molecule has 2 aliphatic heterocycles. The molecule has 3 rings (SSSR count). The first-order chi connectivity index (χ1) is 11.3. The summed E-state index contributed by atoms with van der Waals surface area (Å²) in [4.78, 5) is 36.9. The molecule has 0 aromatic heterocycles. The van der Waals surface area contributed by atoms with Crippen LogP contribution >= 0.6 is 0 Å². The lowest BCUT2D eigenvalue weighted by molar-refractivity contribution is -0.141. The van der Waals surface area contributed by atoms with Gasteiger partial charge in [-0.25, -0.2) is 17.5 Å². The van der Waals surface area contributed by atoms with E-state index in [0.717, 1.165) is 10.4 Å². The Balaban J connectivity index is 2.00. The minimum Gasteiger partial charge on any atom is -0.480 e. The topological polar surface area (TPSA) is 112 Å². The molecule has 0 aliphatic carbocycles. The van der Waals surface area contributed by atoms with Crippen LogP contribution in [-0.4, -0.2) is 59.6 Å². The Morgan fingerprint density at radius 3 is 2.67 bits per heavy atom. The van der Waals surface area contributed by atoms with Gasteiger partial charge in [-0.05, 0) is 38.0 Å². The van der Waals surface area contributed by atoms with E-state index in [-0.39, 0.29) is 22.6 Å². The van der Waals surface area contributed by atoms with Crippen molar-refractivity contribution in [2.24, 2.45) is 0 Å². The second-order valence-corrected chi connectivity index (χ2v) is 7.51. The van der Waals surface area contributed by atoms with Crippen molar-refractivity contribution in [3.63, 3.8) is 0 Å². The molecule has 1 N–H and O–H groups in total. The van der Waals surface area contributed by atoms with Gasteiger partial charge >= 0.3 is 5.97 Å². The van der Waals surface area contributed by atoms with Gasteiger partial charge < -0.3 is 10.0 Å². The zero-order chi connectivity index (χ0) is 17.6. The van der Waals surface area contributed by atoms with Crippen LogP contribution in [0.3, 0.4) is 0 Å². The minimum absolute atomic E-state index is 0.00629. The largest absolute Gasteiger partial charge is 0.480 e. The lowest BCUT2D eigenvalue weighted by atomic mass is 10.1. The summed E-state index contributed by atoms with van der Waals surface area (Å²) in [6.07, 6.45) is 0.945. The third-order valence-corrected chi connectivity index (χ3v) is 6.24. The van der Waals surface area contributed by atoms with Gasteiger partial charge in [-0.1, -0.05) is 0 Å². The predicted molar refractivity (Wildman–Crippen MR) is 82.0 cm³/mol. The van der Waals surface area contributed by atoms with Crippen LogP contribution in [0.25, 0.3) is 0 Å². The minimum atomic E-state index is -3.96. The fourth-order valence-electron chi connectivity index (χ4n) is 3.15. The highest BCUT2D eigenvalue weighted by molar-refractivity contribution is 7.90. The van der Waals surface area contributed by atoms with Crippen molar-refractivity contribution in [2.45, 2.75) is 30.7 Å². The van der Waals surface area contributed by atoms with Gasteiger partial charge in [0.15, 0.2) is 0 Å². The van der Waals surface area contributed by atoms with Crippen LogP contribution in [0.1, 0.15) is 40.5 Å². The number of aliphatic carboxylic acids is 1. The van der Waals surface area contributed by atoms with Gasteiger partial charge in [0.25, 0.3) is 21.8 Å². The number of carbonyl (C=O) groups excluding carboxylic acids is 2. The molecule has 8 nitrogen and oxygen atoms in total. The van der Waals surface area contributed by atoms with Crippen LogP contribution in [0.15, 0.2) is 23.1 Å². The molecule has 1 fully saturated rings. The quantitative estimate of drug-likeness (QED) is 0.850. The molecule has 2 heterocycles. The molecule has 24 heavy (non-hydrogen) atoms. The maximum absolute atomic E-state index is 12.6. The smallest absolute Gasteiger partial charge is 0.326 e. The van der Waals surface area contributed by atoms with Gasteiger partial charge in [-0.15, -0.1) is 0 Å². The van der Waals surface area contributed by atoms with Crippen LogP contribution in [0.5, 0.6) is 0 Å². The molecule has 0 saturated carbocycles. The maximum atomic E-state index is 12.6. The van der Waals surface area contributed by atoms with Gasteiger partial charge in [-0.3, -0.25) is 9.59 Å². The van der Waals surface area contributed by atoms with Gasteiger partial charge in [0, 0.05) is 18.7 Å². The number of rotatable bonds is 3. The van der Waals surface area contributed by atoms with E-state index in [4.69, 9.17) is 0 Å². The second kappa shape index (κ2) is 5.59. The molecule has 1 atom stereocenters. The van der Waals surface area contributed by atoms with Crippen molar-refractivity contribution in [1.29, 1.82) is 0 Å². The molecular weight excluding hydrogens is 336 g/mol. The molecule has 0 unspecified atom stereocenters. The molecule has 1 saturated heterocycles. The number of amides is 2. The van der Waals surface area contributed by atoms with Crippen LogP contribution in [0.2, 0.25) is 0 Å². The van der Waals surface area contributed by atoms with E-state index in [2.05, 4.69) is 0 Å². The third-order valence-electron chi connectivity index (χ3n) is 4.34. The zero-order valence-electron chi connectivity index (χ0n) is 12.9. The summed E-state index contributed by atoms with van der Waals surface area (Å²) >= 11 is 0. The third kappa shape index (κ3) is 2.27. The summed E-state index contributed by atoms with van der Waals surface area (Å²) in [5.74, 6) is -2.24. The fourth-order valence-corrected chi connectivity index (χ4v) is 4.76. The number of carboxylic acids is 1. The number of carbonyl (C=O) groups is 3. The maximum Gasteiger partial charge on any atom is 0.326 e. The van der Waals surface area contributed by atoms with Crippen LogP contribution in [0, 0.1) is 0 Å². The Labute approximate surface area is 138 Å². The standard InChI is InChI=1S/C15H16N2O6S/c1-2-17-14(19)10-6-5-9(8-12(10)24(17,22)23)13(18)16-7-3-4-11(16)15(20)21/h5-6,8,11H,2-4,7H2,1H3,(H,20,21)/t11-/m1/s1. The van der Waals surface area contributed by atoms with Gasteiger partial charge in [0.1, 0.15) is 10.9 Å². The molecule has 1 aromatic rings. The summed E-state index contributed by atoms with van der Waals surface area (Å²) in [7, 11) is -3.96. The van der Waals surface area contributed by atoms with E-state index in [1.165, 1.54) is 17.0 Å². The first kappa shape index (κ1) is 16.4. The second-order valence-electron chi connectivity index (χ2n) is 5.68. The zero-order valence-corrected chi connectivity index (χ0v) is 13.7. The Hall–Kier alpha value is -2.42. The molecule has 9 heteroatoms. The first-order valence-corrected chi connectivity index (χ1v) is 8.98. The van der Waals surface area contributed by atoms with Crippen LogP contribution in [-0.2, 0) is 14.8 Å². The van der Waals surface area contributed by atoms with Crippen molar-refractivity contribution in [3.05, 3.63) is 29.3 Å². The van der Waals surface area contributed by atoms with Gasteiger partial charge in [0.2, 0.25) is 0 Å². The molecule has 1 aromatic carbocycles. The Morgan fingerprint density at radius 2 is 2.04 bits per heavy atom. The van der Waals surface area contributed by atoms with E-state index >= 15 is 0 Å². The average molecular weight is 352 g/mol. The predicted octanol–water partition coefficient (Wildman–Crippen LogP) is 0.540. The summed E-state index contributed by atoms with van der Waals surface area (Å²) in [6.45, 7) is 1.86. The number of nitrogens with zero attached hydrogens (tertiary/aromatic N) is 2. The van der Waals surface area contributed by atoms with E-state index in [1.807, 2.05) is 0 Å². The van der Waals surface area contributed by atoms with Crippen molar-refractivity contribution >= 4 is 27.8 Å². The molecule has 0 radical (unpaired) electrons. The van der Waals surface area contributed by atoms with Crippen LogP contribution < -0.4 is 0 Å². The highest BCUT2D eigenvalue weighted by Crippen LogP contribution is 2.31. The number of carboxylic acid groups (broad SMARTS) is 1. The Kier molecular flexibility index (Phi) is 3.83. The molecule has 0 bridgehead atoms. The molecule has 0 spiro atoms. The van der Waals surface area contributed by atoms with E-state index < -0.39 is 33.8 Å². The van der Waals surface area contributed by atoms with Crippen molar-refractivity contribution in [3.8, 4) is 0 Å². The molecule has 128 valence electrons. The van der Waals surface area contributed by atoms with Crippen molar-refractivity contribution < 1.29 is 27.9 Å². The SMILES string of the molecule is CCN1C(=O)c2ccc(C(=O)N3CCC[C@@H]3C(=O)O)cc2S1(=O)=O.